The summed E-state index contributed by atoms with van der Waals surface area (Å²) in [6.07, 6.45) is 4.76. The maximum absolute atomic E-state index is 11.6. The molecule has 4 N–H and O–H groups in total. The quantitative estimate of drug-likeness (QED) is 0.276. The lowest BCUT2D eigenvalue weighted by atomic mass is 10.2. The summed E-state index contributed by atoms with van der Waals surface area (Å²) in [7, 11) is 0. The number of hydrogen-bond donors (Lipinski definition) is 5. The van der Waals surface area contributed by atoms with Gasteiger partial charge in [0.1, 0.15) is 6.04 Å². The van der Waals surface area contributed by atoms with Crippen LogP contribution in [0.1, 0.15) is 46.5 Å². The highest BCUT2D eigenvalue weighted by molar-refractivity contribution is 7.80. The van der Waals surface area contributed by atoms with Gasteiger partial charge in [-0.2, -0.15) is 12.6 Å². The smallest absolute Gasteiger partial charge is 0.315 e. The van der Waals surface area contributed by atoms with Gasteiger partial charge < -0.3 is 21.3 Å². The van der Waals surface area contributed by atoms with E-state index in [9.17, 15) is 9.59 Å². The molecule has 130 valence electrons. The number of unbranched alkanes of at least 4 members (excludes halogenated alkanes) is 3. The standard InChI is InChI=1S/C15H32N4O2S/c1-12(2)18-14(20)13(3)19-15(21)17-10-9-16-8-6-4-5-7-11-22/h12-13,16,22H,4-11H2,1-3H3,(H,18,20)(H2,17,19,21)/t13-/m1/s1. The van der Waals surface area contributed by atoms with Crippen molar-refractivity contribution < 1.29 is 9.59 Å². The molecule has 0 rings (SSSR count). The van der Waals surface area contributed by atoms with Crippen LogP contribution in [-0.4, -0.2) is 49.4 Å². The summed E-state index contributed by atoms with van der Waals surface area (Å²) in [5.74, 6) is 0.782. The number of hydrogen-bond acceptors (Lipinski definition) is 4. The summed E-state index contributed by atoms with van der Waals surface area (Å²) in [5, 5.41) is 11.4. The lowest BCUT2D eigenvalue weighted by Crippen LogP contribution is -2.50. The van der Waals surface area contributed by atoms with Gasteiger partial charge in [0, 0.05) is 19.1 Å². The zero-order valence-electron chi connectivity index (χ0n) is 14.1. The molecule has 6 nitrogen and oxygen atoms in total. The number of carbonyl (C=O) groups excluding carboxylic acids is 2. The van der Waals surface area contributed by atoms with Crippen molar-refractivity contribution in [2.75, 3.05) is 25.4 Å². The predicted octanol–water partition coefficient (Wildman–Crippen LogP) is 1.28. The second-order valence-corrected chi connectivity index (χ2v) is 6.12. The Labute approximate surface area is 140 Å². The van der Waals surface area contributed by atoms with E-state index in [2.05, 4.69) is 33.9 Å². The van der Waals surface area contributed by atoms with Crippen molar-refractivity contribution in [3.63, 3.8) is 0 Å². The predicted molar refractivity (Wildman–Crippen MR) is 94.5 cm³/mol. The number of thiol groups is 1. The van der Waals surface area contributed by atoms with Crippen LogP contribution >= 0.6 is 12.6 Å². The fourth-order valence-corrected chi connectivity index (χ4v) is 2.05. The molecular formula is C15H32N4O2S. The zero-order valence-corrected chi connectivity index (χ0v) is 15.0. The number of carbonyl (C=O) groups is 2. The van der Waals surface area contributed by atoms with Gasteiger partial charge in [0.2, 0.25) is 5.91 Å². The van der Waals surface area contributed by atoms with E-state index < -0.39 is 6.04 Å². The Balaban J connectivity index is 3.51. The Bertz CT molecular complexity index is 314. The zero-order chi connectivity index (χ0) is 16.8. The molecule has 0 aromatic carbocycles. The van der Waals surface area contributed by atoms with Crippen LogP contribution in [0.4, 0.5) is 4.79 Å². The van der Waals surface area contributed by atoms with E-state index in [0.717, 1.165) is 25.3 Å². The lowest BCUT2D eigenvalue weighted by molar-refractivity contribution is -0.123. The minimum Gasteiger partial charge on any atom is -0.352 e. The normalized spacial score (nSPS) is 12.0. The first-order chi connectivity index (χ1) is 10.5. The van der Waals surface area contributed by atoms with Gasteiger partial charge in [0.05, 0.1) is 0 Å². The molecule has 0 aliphatic rings. The molecule has 0 bridgehead atoms. The summed E-state index contributed by atoms with van der Waals surface area (Å²) in [5.41, 5.74) is 0. The van der Waals surface area contributed by atoms with Gasteiger partial charge in [-0.25, -0.2) is 4.79 Å². The number of urea groups is 1. The van der Waals surface area contributed by atoms with Gasteiger partial charge in [-0.05, 0) is 45.9 Å². The molecule has 0 aromatic heterocycles. The molecule has 1 atom stereocenters. The van der Waals surface area contributed by atoms with Crippen LogP contribution in [0.25, 0.3) is 0 Å². The molecule has 0 heterocycles. The fourth-order valence-electron chi connectivity index (χ4n) is 1.83. The van der Waals surface area contributed by atoms with Crippen molar-refractivity contribution in [3.05, 3.63) is 0 Å². The third-order valence-corrected chi connectivity index (χ3v) is 3.34. The third kappa shape index (κ3) is 12.8. The maximum Gasteiger partial charge on any atom is 0.315 e. The average Bonchev–Trinajstić information content (AvgIpc) is 2.44. The monoisotopic (exact) mass is 332 g/mol. The van der Waals surface area contributed by atoms with Crippen molar-refractivity contribution in [1.82, 2.24) is 21.3 Å². The van der Waals surface area contributed by atoms with Crippen LogP contribution < -0.4 is 21.3 Å². The number of nitrogens with one attached hydrogen (secondary N) is 4. The molecule has 0 saturated carbocycles. The largest absolute Gasteiger partial charge is 0.352 e. The SMILES string of the molecule is CC(C)NC(=O)[C@@H](C)NC(=O)NCCNCCCCCCS. The van der Waals surface area contributed by atoms with Crippen LogP contribution in [0.3, 0.4) is 0 Å². The average molecular weight is 333 g/mol. The number of rotatable bonds is 12. The van der Waals surface area contributed by atoms with Crippen molar-refractivity contribution >= 4 is 24.6 Å². The van der Waals surface area contributed by atoms with E-state index in [-0.39, 0.29) is 18.0 Å². The van der Waals surface area contributed by atoms with Crippen LogP contribution in [-0.2, 0) is 4.79 Å². The summed E-state index contributed by atoms with van der Waals surface area (Å²) in [4.78, 5) is 23.3. The minimum absolute atomic E-state index is 0.0665. The van der Waals surface area contributed by atoms with Gasteiger partial charge >= 0.3 is 6.03 Å². The van der Waals surface area contributed by atoms with Gasteiger partial charge in [-0.15, -0.1) is 0 Å². The van der Waals surface area contributed by atoms with E-state index in [4.69, 9.17) is 0 Å². The third-order valence-electron chi connectivity index (χ3n) is 3.02. The Hall–Kier alpha value is -0.950. The molecular weight excluding hydrogens is 300 g/mol. The minimum atomic E-state index is -0.540. The topological polar surface area (TPSA) is 82.3 Å². The molecule has 0 radical (unpaired) electrons. The molecule has 22 heavy (non-hydrogen) atoms. The highest BCUT2D eigenvalue weighted by atomic mass is 32.1. The molecule has 0 aliphatic carbocycles. The summed E-state index contributed by atoms with van der Waals surface area (Å²) >= 11 is 4.18. The van der Waals surface area contributed by atoms with Crippen LogP contribution in [0, 0.1) is 0 Å². The molecule has 7 heteroatoms. The summed E-state index contributed by atoms with van der Waals surface area (Å²) in [6.45, 7) is 7.67. The van der Waals surface area contributed by atoms with E-state index in [1.54, 1.807) is 6.92 Å². The highest BCUT2D eigenvalue weighted by Gasteiger charge is 2.15. The van der Waals surface area contributed by atoms with Gasteiger partial charge in [0.15, 0.2) is 0 Å². The summed E-state index contributed by atoms with van der Waals surface area (Å²) < 4.78 is 0. The molecule has 0 spiro atoms. The van der Waals surface area contributed by atoms with Crippen molar-refractivity contribution in [2.24, 2.45) is 0 Å². The highest BCUT2D eigenvalue weighted by Crippen LogP contribution is 1.99. The van der Waals surface area contributed by atoms with Gasteiger partial charge in [-0.3, -0.25) is 4.79 Å². The van der Waals surface area contributed by atoms with Gasteiger partial charge in [0.25, 0.3) is 0 Å². The van der Waals surface area contributed by atoms with E-state index in [1.807, 2.05) is 13.8 Å². The van der Waals surface area contributed by atoms with Crippen LogP contribution in [0.2, 0.25) is 0 Å². The van der Waals surface area contributed by atoms with E-state index in [1.165, 1.54) is 19.3 Å². The number of amides is 3. The van der Waals surface area contributed by atoms with Crippen LogP contribution in [0.15, 0.2) is 0 Å². The maximum atomic E-state index is 11.6. The Morgan fingerprint density at radius 3 is 2.23 bits per heavy atom. The Morgan fingerprint density at radius 1 is 0.909 bits per heavy atom. The Kier molecular flexibility index (Phi) is 13.1. The molecule has 0 aromatic rings. The van der Waals surface area contributed by atoms with Crippen LogP contribution in [0.5, 0.6) is 0 Å². The molecule has 0 saturated heterocycles. The van der Waals surface area contributed by atoms with Gasteiger partial charge in [-0.1, -0.05) is 12.8 Å². The second-order valence-electron chi connectivity index (χ2n) is 5.67. The molecule has 0 fully saturated rings. The fraction of sp³-hybridized carbons (Fsp3) is 0.867. The molecule has 0 aliphatic heterocycles. The van der Waals surface area contributed by atoms with E-state index >= 15 is 0 Å². The molecule has 3 amide bonds. The van der Waals surface area contributed by atoms with Crippen molar-refractivity contribution in [3.8, 4) is 0 Å². The molecule has 0 unspecified atom stereocenters. The van der Waals surface area contributed by atoms with E-state index in [0.29, 0.717) is 6.54 Å². The lowest BCUT2D eigenvalue weighted by Gasteiger charge is -2.16. The first-order valence-electron chi connectivity index (χ1n) is 8.13. The van der Waals surface area contributed by atoms with Crippen molar-refractivity contribution in [2.45, 2.75) is 58.5 Å². The summed E-state index contributed by atoms with van der Waals surface area (Å²) in [6, 6.07) is -0.791. The second kappa shape index (κ2) is 13.7. The first kappa shape index (κ1) is 21.0. The Morgan fingerprint density at radius 2 is 1.59 bits per heavy atom. The first-order valence-corrected chi connectivity index (χ1v) is 8.77. The van der Waals surface area contributed by atoms with Crippen molar-refractivity contribution in [1.29, 1.82) is 0 Å².